The van der Waals surface area contributed by atoms with Crippen LogP contribution in [0.15, 0.2) is 15.7 Å². The Morgan fingerprint density at radius 1 is 1.38 bits per heavy atom. The number of nitrogens with one attached hydrogen (secondary N) is 2. The van der Waals surface area contributed by atoms with Crippen molar-refractivity contribution in [2.45, 2.75) is 45.2 Å². The van der Waals surface area contributed by atoms with Crippen molar-refractivity contribution in [3.8, 4) is 0 Å². The van der Waals surface area contributed by atoms with E-state index in [1.165, 1.54) is 13.0 Å². The third-order valence-electron chi connectivity index (χ3n) is 7.08. The van der Waals surface area contributed by atoms with Crippen LogP contribution in [0.3, 0.4) is 0 Å². The van der Waals surface area contributed by atoms with Crippen molar-refractivity contribution >= 4 is 22.5 Å². The molecule has 2 aliphatic rings. The molecule has 4 rings (SSSR count). The van der Waals surface area contributed by atoms with Gasteiger partial charge in [-0.2, -0.15) is 0 Å². The van der Waals surface area contributed by atoms with Gasteiger partial charge in [-0.05, 0) is 45.2 Å². The number of aromatic nitrogens is 2. The number of amides is 1. The van der Waals surface area contributed by atoms with E-state index in [0.29, 0.717) is 49.5 Å². The molecule has 1 aliphatic carbocycles. The lowest BCUT2D eigenvalue weighted by Gasteiger charge is -2.32. The topological polar surface area (TPSA) is 94.8 Å². The fourth-order valence-electron chi connectivity index (χ4n) is 5.24. The summed E-state index contributed by atoms with van der Waals surface area (Å²) in [6, 6.07) is 1.29. The van der Waals surface area contributed by atoms with Crippen LogP contribution in [0.4, 0.5) is 10.1 Å². The molecule has 2 fully saturated rings. The van der Waals surface area contributed by atoms with Crippen LogP contribution in [0, 0.1) is 25.2 Å². The second kappa shape index (κ2) is 9.58. The molecule has 9 nitrogen and oxygen atoms in total. The highest BCUT2D eigenvalue weighted by Gasteiger charge is 2.35. The second-order valence-electron chi connectivity index (χ2n) is 9.45. The molecule has 1 saturated carbocycles. The van der Waals surface area contributed by atoms with Crippen molar-refractivity contribution in [1.82, 2.24) is 19.8 Å². The van der Waals surface area contributed by atoms with Crippen LogP contribution in [0.1, 0.15) is 37.8 Å². The van der Waals surface area contributed by atoms with Gasteiger partial charge in [-0.15, -0.1) is 0 Å². The highest BCUT2D eigenvalue weighted by molar-refractivity contribution is 5.87. The molecule has 0 bridgehead atoms. The molecule has 1 amide bonds. The number of aryl methyl sites for hydroxylation is 1. The van der Waals surface area contributed by atoms with Crippen molar-refractivity contribution in [1.29, 1.82) is 0 Å². The third kappa shape index (κ3) is 4.57. The molecule has 182 valence electrons. The Hall–Kier alpha value is -3.19. The lowest BCUT2D eigenvalue weighted by atomic mass is 9.97. The van der Waals surface area contributed by atoms with E-state index in [9.17, 15) is 14.4 Å². The zero-order chi connectivity index (χ0) is 24.6. The fraction of sp³-hybridized carbons (Fsp3) is 0.583. The molecule has 0 radical (unpaired) electrons. The van der Waals surface area contributed by atoms with E-state index in [4.69, 9.17) is 6.57 Å². The van der Waals surface area contributed by atoms with Crippen LogP contribution < -0.4 is 21.5 Å². The minimum Gasteiger partial charge on any atom is -0.369 e. The first-order chi connectivity index (χ1) is 16.2. The van der Waals surface area contributed by atoms with Crippen LogP contribution in [-0.4, -0.2) is 66.2 Å². The fourth-order valence-corrected chi connectivity index (χ4v) is 5.24. The van der Waals surface area contributed by atoms with Gasteiger partial charge in [-0.25, -0.2) is 15.8 Å². The molecule has 2 N–H and O–H groups in total. The maximum absolute atomic E-state index is 15.4. The predicted octanol–water partition coefficient (Wildman–Crippen LogP) is 1.65. The molecular weight excluding hydrogens is 439 g/mol. The lowest BCUT2D eigenvalue weighted by molar-refractivity contribution is -0.119. The Bertz CT molecular complexity index is 1260. The number of aromatic amines is 1. The summed E-state index contributed by atoms with van der Waals surface area (Å²) in [5, 5.41) is 3.09. The molecule has 34 heavy (non-hydrogen) atoms. The van der Waals surface area contributed by atoms with Crippen molar-refractivity contribution in [3.63, 3.8) is 0 Å². The van der Waals surface area contributed by atoms with Gasteiger partial charge in [-0.3, -0.25) is 24.0 Å². The lowest BCUT2D eigenvalue weighted by Crippen LogP contribution is -2.47. The number of anilines is 1. The highest BCUT2D eigenvalue weighted by Crippen LogP contribution is 2.39. The number of rotatable bonds is 8. The van der Waals surface area contributed by atoms with Gasteiger partial charge >= 0.3 is 5.69 Å². The molecule has 0 spiro atoms. The summed E-state index contributed by atoms with van der Waals surface area (Å²) in [6.07, 6.45) is 2.52. The minimum absolute atomic E-state index is 0.00645. The van der Waals surface area contributed by atoms with Crippen molar-refractivity contribution in [3.05, 3.63) is 49.7 Å². The molecule has 2 unspecified atom stereocenters. The molecule has 2 aromatic rings. The zero-order valence-corrected chi connectivity index (χ0v) is 19.9. The number of H-pyrrole nitrogens is 1. The number of likely N-dealkylation sites (N-methyl/N-ethyl adjacent to an activating group) is 1. The number of hydrogen-bond acceptors (Lipinski definition) is 5. The minimum atomic E-state index is -0.568. The molecule has 2 atom stereocenters. The van der Waals surface area contributed by atoms with Crippen LogP contribution >= 0.6 is 0 Å². The van der Waals surface area contributed by atoms with Crippen molar-refractivity contribution in [2.75, 3.05) is 44.7 Å². The van der Waals surface area contributed by atoms with Crippen LogP contribution in [0.5, 0.6) is 0 Å². The molecule has 10 heteroatoms. The SMILES string of the molecule is [C-]#[N+]CCN(C)C(CNC(C)=O)C1CCN(c2c(F)cc3c(=O)[nH]c(=O)n(C4CC4)c3c2C)C1. The maximum atomic E-state index is 15.4. The number of carbonyl (C=O) groups excluding carboxylic acids is 1. The first-order valence-electron chi connectivity index (χ1n) is 11.7. The summed E-state index contributed by atoms with van der Waals surface area (Å²) >= 11 is 0. The summed E-state index contributed by atoms with van der Waals surface area (Å²) in [5.41, 5.74) is 0.528. The summed E-state index contributed by atoms with van der Waals surface area (Å²) in [5.74, 6) is -0.433. The third-order valence-corrected chi connectivity index (χ3v) is 7.08. The molecule has 1 aromatic heterocycles. The standard InChI is InChI=1S/C24H31FN6O3/c1-14-21-18(23(33)28-24(34)31(21)17-5-6-17)11-19(25)22(14)30-9-7-16(13-30)20(12-27-15(2)32)29(4)10-8-26-3/h11,16-17,20H,5-10,12-13H2,1-2,4H3,(H,27,32)(H,28,33,34). The predicted molar refractivity (Wildman–Crippen MR) is 129 cm³/mol. The largest absolute Gasteiger partial charge is 0.369 e. The Balaban J connectivity index is 1.68. The molecule has 2 heterocycles. The second-order valence-corrected chi connectivity index (χ2v) is 9.45. The first-order valence-corrected chi connectivity index (χ1v) is 11.7. The van der Waals surface area contributed by atoms with Crippen molar-refractivity contribution < 1.29 is 9.18 Å². The summed E-state index contributed by atoms with van der Waals surface area (Å²) in [6.45, 7) is 13.0. The quantitative estimate of drug-likeness (QED) is 0.573. The van der Waals surface area contributed by atoms with Gasteiger partial charge in [0.1, 0.15) is 5.82 Å². The van der Waals surface area contributed by atoms with Gasteiger partial charge in [0, 0.05) is 44.2 Å². The normalized spacial score (nSPS) is 18.9. The smallest absolute Gasteiger partial charge is 0.329 e. The Kier molecular flexibility index (Phi) is 6.75. The summed E-state index contributed by atoms with van der Waals surface area (Å²) in [4.78, 5) is 46.4. The number of nitrogens with zero attached hydrogens (tertiary/aromatic N) is 4. The van der Waals surface area contributed by atoms with E-state index in [0.717, 1.165) is 19.3 Å². The Morgan fingerprint density at radius 2 is 2.12 bits per heavy atom. The number of benzene rings is 1. The monoisotopic (exact) mass is 470 g/mol. The average Bonchev–Trinajstić information content (AvgIpc) is 3.50. The number of fused-ring (bicyclic) bond motifs is 1. The van der Waals surface area contributed by atoms with Gasteiger partial charge in [0.2, 0.25) is 12.5 Å². The molecule has 1 aromatic carbocycles. The van der Waals surface area contributed by atoms with Gasteiger partial charge in [-0.1, -0.05) is 0 Å². The van der Waals surface area contributed by atoms with Gasteiger partial charge in [0.05, 0.1) is 23.1 Å². The van der Waals surface area contributed by atoms with Crippen molar-refractivity contribution in [2.24, 2.45) is 5.92 Å². The van der Waals surface area contributed by atoms with E-state index in [-0.39, 0.29) is 29.3 Å². The van der Waals surface area contributed by atoms with Gasteiger partial charge in [0.15, 0.2) is 0 Å². The number of halogens is 1. The van der Waals surface area contributed by atoms with Gasteiger partial charge < -0.3 is 15.1 Å². The van der Waals surface area contributed by atoms with Crippen LogP contribution in [-0.2, 0) is 4.79 Å². The van der Waals surface area contributed by atoms with E-state index in [1.807, 2.05) is 11.9 Å². The molecule has 1 saturated heterocycles. The van der Waals surface area contributed by atoms with E-state index >= 15 is 4.39 Å². The van der Waals surface area contributed by atoms with Crippen LogP contribution in [0.2, 0.25) is 0 Å². The number of carbonyl (C=O) groups is 1. The average molecular weight is 471 g/mol. The van der Waals surface area contributed by atoms with E-state index < -0.39 is 17.1 Å². The highest BCUT2D eigenvalue weighted by atomic mass is 19.1. The molecular formula is C24H31FN6O3. The first kappa shape index (κ1) is 24.0. The zero-order valence-electron chi connectivity index (χ0n) is 19.9. The summed E-state index contributed by atoms with van der Waals surface area (Å²) < 4.78 is 17.0. The van der Waals surface area contributed by atoms with E-state index in [1.54, 1.807) is 11.5 Å². The summed E-state index contributed by atoms with van der Waals surface area (Å²) in [7, 11) is 1.95. The number of hydrogen-bond donors (Lipinski definition) is 2. The maximum Gasteiger partial charge on any atom is 0.329 e. The van der Waals surface area contributed by atoms with Crippen LogP contribution in [0.25, 0.3) is 15.7 Å². The molecule has 1 aliphatic heterocycles. The van der Waals surface area contributed by atoms with E-state index in [2.05, 4.69) is 20.0 Å². The Morgan fingerprint density at radius 3 is 2.76 bits per heavy atom. The van der Waals surface area contributed by atoms with Gasteiger partial charge in [0.25, 0.3) is 5.56 Å². The Labute approximate surface area is 197 Å².